The standard InChI is InChI=1S/C14H20N2O3/c1-4-7-16(3)10(2)14(17)15-11-5-6-12-13(8-11)19-9-18-12/h5-6,8,10H,4,7,9H2,1-3H3,(H,15,17)/t10-/m1/s1. The molecule has 5 heteroatoms. The van der Waals surface area contributed by atoms with Gasteiger partial charge in [0, 0.05) is 11.8 Å². The number of carbonyl (C=O) groups excluding carboxylic acids is 1. The van der Waals surface area contributed by atoms with Crippen LogP contribution in [-0.2, 0) is 4.79 Å². The van der Waals surface area contributed by atoms with Gasteiger partial charge < -0.3 is 14.8 Å². The molecule has 1 N–H and O–H groups in total. The predicted octanol–water partition coefficient (Wildman–Crippen LogP) is 2.08. The van der Waals surface area contributed by atoms with Crippen molar-refractivity contribution in [3.05, 3.63) is 18.2 Å². The van der Waals surface area contributed by atoms with E-state index >= 15 is 0 Å². The number of nitrogens with zero attached hydrogens (tertiary/aromatic N) is 1. The van der Waals surface area contributed by atoms with Crippen molar-refractivity contribution in [2.75, 3.05) is 25.7 Å². The van der Waals surface area contributed by atoms with Crippen LogP contribution in [0.1, 0.15) is 20.3 Å². The lowest BCUT2D eigenvalue weighted by Gasteiger charge is -2.23. The summed E-state index contributed by atoms with van der Waals surface area (Å²) >= 11 is 0. The minimum absolute atomic E-state index is 0.0187. The monoisotopic (exact) mass is 264 g/mol. The fourth-order valence-corrected chi connectivity index (χ4v) is 1.97. The molecule has 1 heterocycles. The zero-order chi connectivity index (χ0) is 13.8. The van der Waals surface area contributed by atoms with Crippen molar-refractivity contribution >= 4 is 11.6 Å². The fraction of sp³-hybridized carbons (Fsp3) is 0.500. The molecule has 0 unspecified atom stereocenters. The van der Waals surface area contributed by atoms with Crippen molar-refractivity contribution in [3.63, 3.8) is 0 Å². The van der Waals surface area contributed by atoms with Crippen molar-refractivity contribution in [1.82, 2.24) is 4.90 Å². The molecule has 1 aromatic carbocycles. The van der Waals surface area contributed by atoms with Crippen LogP contribution in [0.2, 0.25) is 0 Å². The van der Waals surface area contributed by atoms with Crippen LogP contribution in [0.15, 0.2) is 18.2 Å². The van der Waals surface area contributed by atoms with Crippen molar-refractivity contribution in [3.8, 4) is 11.5 Å². The Bertz CT molecular complexity index is 462. The quantitative estimate of drug-likeness (QED) is 0.884. The normalized spacial score (nSPS) is 14.5. The number of fused-ring (bicyclic) bond motifs is 1. The fourth-order valence-electron chi connectivity index (χ4n) is 1.97. The maximum Gasteiger partial charge on any atom is 0.241 e. The summed E-state index contributed by atoms with van der Waals surface area (Å²) < 4.78 is 10.5. The van der Waals surface area contributed by atoms with Crippen molar-refractivity contribution in [2.24, 2.45) is 0 Å². The van der Waals surface area contributed by atoms with Gasteiger partial charge in [-0.2, -0.15) is 0 Å². The van der Waals surface area contributed by atoms with E-state index in [1.165, 1.54) is 0 Å². The Hall–Kier alpha value is -1.75. The Morgan fingerprint density at radius 1 is 1.42 bits per heavy atom. The summed E-state index contributed by atoms with van der Waals surface area (Å²) in [5.41, 5.74) is 0.728. The van der Waals surface area contributed by atoms with E-state index in [2.05, 4.69) is 12.2 Å². The second-order valence-corrected chi connectivity index (χ2v) is 4.71. The van der Waals surface area contributed by atoms with Crippen molar-refractivity contribution in [1.29, 1.82) is 0 Å². The van der Waals surface area contributed by atoms with Crippen LogP contribution in [0.25, 0.3) is 0 Å². The molecule has 1 aliphatic rings. The summed E-state index contributed by atoms with van der Waals surface area (Å²) in [5, 5.41) is 2.89. The molecule has 0 spiro atoms. The van der Waals surface area contributed by atoms with E-state index in [9.17, 15) is 4.79 Å². The molecule has 0 aromatic heterocycles. The molecule has 1 aliphatic heterocycles. The molecule has 5 nitrogen and oxygen atoms in total. The van der Waals surface area contributed by atoms with Crippen LogP contribution in [0.5, 0.6) is 11.5 Å². The highest BCUT2D eigenvalue weighted by Gasteiger charge is 2.19. The van der Waals surface area contributed by atoms with E-state index in [0.717, 1.165) is 18.7 Å². The molecule has 104 valence electrons. The molecular formula is C14H20N2O3. The molecule has 0 aliphatic carbocycles. The van der Waals surface area contributed by atoms with E-state index in [4.69, 9.17) is 9.47 Å². The summed E-state index contributed by atoms with van der Waals surface area (Å²) in [4.78, 5) is 14.1. The molecule has 1 amide bonds. The molecule has 0 fully saturated rings. The number of nitrogens with one attached hydrogen (secondary N) is 1. The van der Waals surface area contributed by atoms with E-state index in [1.54, 1.807) is 12.1 Å². The van der Waals surface area contributed by atoms with Crippen LogP contribution in [0.4, 0.5) is 5.69 Å². The number of ether oxygens (including phenoxy) is 2. The minimum atomic E-state index is -0.162. The third-order valence-corrected chi connectivity index (χ3v) is 3.26. The first-order chi connectivity index (χ1) is 9.11. The van der Waals surface area contributed by atoms with E-state index < -0.39 is 0 Å². The zero-order valence-corrected chi connectivity index (χ0v) is 11.6. The first-order valence-corrected chi connectivity index (χ1v) is 6.52. The van der Waals surface area contributed by atoms with Gasteiger partial charge in [0.1, 0.15) is 0 Å². The van der Waals surface area contributed by atoms with Gasteiger partial charge in [0.2, 0.25) is 12.7 Å². The Labute approximate surface area is 113 Å². The highest BCUT2D eigenvalue weighted by atomic mass is 16.7. The lowest BCUT2D eigenvalue weighted by molar-refractivity contribution is -0.120. The number of hydrogen-bond donors (Lipinski definition) is 1. The number of carbonyl (C=O) groups is 1. The molecule has 0 saturated carbocycles. The second kappa shape index (κ2) is 5.93. The Morgan fingerprint density at radius 2 is 2.16 bits per heavy atom. The summed E-state index contributed by atoms with van der Waals surface area (Å²) in [6.07, 6.45) is 1.03. The summed E-state index contributed by atoms with van der Waals surface area (Å²) in [7, 11) is 1.95. The largest absolute Gasteiger partial charge is 0.454 e. The van der Waals surface area contributed by atoms with Gasteiger partial charge in [-0.3, -0.25) is 9.69 Å². The molecule has 0 radical (unpaired) electrons. The van der Waals surface area contributed by atoms with Gasteiger partial charge in [-0.15, -0.1) is 0 Å². The van der Waals surface area contributed by atoms with Gasteiger partial charge in [0.25, 0.3) is 0 Å². The van der Waals surface area contributed by atoms with Gasteiger partial charge in [0.05, 0.1) is 6.04 Å². The maximum atomic E-state index is 12.1. The van der Waals surface area contributed by atoms with Gasteiger partial charge >= 0.3 is 0 Å². The number of likely N-dealkylation sites (N-methyl/N-ethyl adjacent to an activating group) is 1. The van der Waals surface area contributed by atoms with Crippen LogP contribution in [0.3, 0.4) is 0 Å². The number of anilines is 1. The third-order valence-electron chi connectivity index (χ3n) is 3.26. The van der Waals surface area contributed by atoms with Crippen LogP contribution >= 0.6 is 0 Å². The molecule has 0 saturated heterocycles. The Kier molecular flexibility index (Phi) is 4.27. The predicted molar refractivity (Wildman–Crippen MR) is 73.6 cm³/mol. The smallest absolute Gasteiger partial charge is 0.241 e. The van der Waals surface area contributed by atoms with Crippen LogP contribution < -0.4 is 14.8 Å². The molecule has 1 aromatic rings. The Morgan fingerprint density at radius 3 is 2.89 bits per heavy atom. The van der Waals surface area contributed by atoms with E-state index in [-0.39, 0.29) is 18.7 Å². The van der Waals surface area contributed by atoms with Crippen molar-refractivity contribution in [2.45, 2.75) is 26.3 Å². The number of hydrogen-bond acceptors (Lipinski definition) is 4. The molecular weight excluding hydrogens is 244 g/mol. The molecule has 19 heavy (non-hydrogen) atoms. The Balaban J connectivity index is 1.99. The summed E-state index contributed by atoms with van der Waals surface area (Å²) in [6, 6.07) is 5.24. The first kappa shape index (κ1) is 13.7. The molecule has 2 rings (SSSR count). The summed E-state index contributed by atoms with van der Waals surface area (Å²) in [6.45, 7) is 5.13. The highest BCUT2D eigenvalue weighted by molar-refractivity contribution is 5.94. The maximum absolute atomic E-state index is 12.1. The first-order valence-electron chi connectivity index (χ1n) is 6.52. The minimum Gasteiger partial charge on any atom is -0.454 e. The van der Waals surface area contributed by atoms with Gasteiger partial charge in [-0.25, -0.2) is 0 Å². The highest BCUT2D eigenvalue weighted by Crippen LogP contribution is 2.34. The van der Waals surface area contributed by atoms with Crippen molar-refractivity contribution < 1.29 is 14.3 Å². The average Bonchev–Trinajstić information content (AvgIpc) is 2.85. The van der Waals surface area contributed by atoms with Gasteiger partial charge in [-0.1, -0.05) is 6.92 Å². The second-order valence-electron chi connectivity index (χ2n) is 4.71. The lowest BCUT2D eigenvalue weighted by atomic mass is 10.2. The SMILES string of the molecule is CCCN(C)[C@H](C)C(=O)Nc1ccc2c(c1)OCO2. The van der Waals surface area contributed by atoms with E-state index in [1.807, 2.05) is 24.9 Å². The van der Waals surface area contributed by atoms with E-state index in [0.29, 0.717) is 11.5 Å². The molecule has 0 bridgehead atoms. The van der Waals surface area contributed by atoms with Gasteiger partial charge in [-0.05, 0) is 39.1 Å². The number of benzene rings is 1. The average molecular weight is 264 g/mol. The topological polar surface area (TPSA) is 50.8 Å². The number of rotatable bonds is 5. The zero-order valence-electron chi connectivity index (χ0n) is 11.6. The summed E-state index contributed by atoms with van der Waals surface area (Å²) in [5.74, 6) is 1.37. The van der Waals surface area contributed by atoms with Crippen LogP contribution in [-0.4, -0.2) is 37.2 Å². The lowest BCUT2D eigenvalue weighted by Crippen LogP contribution is -2.39. The van der Waals surface area contributed by atoms with Gasteiger partial charge in [0.15, 0.2) is 11.5 Å². The third kappa shape index (κ3) is 3.17. The molecule has 1 atom stereocenters. The number of amides is 1. The van der Waals surface area contributed by atoms with Crippen LogP contribution in [0, 0.1) is 0 Å².